The monoisotopic (exact) mass is 291 g/mol. The van der Waals surface area contributed by atoms with Crippen LogP contribution >= 0.6 is 0 Å². The van der Waals surface area contributed by atoms with Crippen molar-refractivity contribution >= 4 is 11.6 Å². The molecule has 0 saturated carbocycles. The average Bonchev–Trinajstić information content (AvgIpc) is 2.45. The highest BCUT2D eigenvalue weighted by Gasteiger charge is 2.08. The molecule has 0 aromatic heterocycles. The standard InChI is InChI=1S/C17H29N3O/c1-13(2)20(5)11-7-6-10-19-17(21)16-9-8-15(18-4)12-14(16)3/h8-9,12-13,18H,6-7,10-11H2,1-5H3,(H,19,21). The maximum Gasteiger partial charge on any atom is 0.251 e. The van der Waals surface area contributed by atoms with Crippen LogP contribution in [0.25, 0.3) is 0 Å². The summed E-state index contributed by atoms with van der Waals surface area (Å²) in [6.07, 6.45) is 2.11. The molecule has 21 heavy (non-hydrogen) atoms. The zero-order chi connectivity index (χ0) is 15.8. The number of nitrogens with zero attached hydrogens (tertiary/aromatic N) is 1. The van der Waals surface area contributed by atoms with E-state index in [-0.39, 0.29) is 5.91 Å². The maximum atomic E-state index is 12.1. The molecule has 2 N–H and O–H groups in total. The predicted molar refractivity (Wildman–Crippen MR) is 90.1 cm³/mol. The first-order chi connectivity index (χ1) is 9.95. The number of rotatable bonds is 8. The molecule has 0 spiro atoms. The van der Waals surface area contributed by atoms with Crippen LogP contribution in [0.2, 0.25) is 0 Å². The smallest absolute Gasteiger partial charge is 0.251 e. The Balaban J connectivity index is 2.34. The van der Waals surface area contributed by atoms with E-state index in [9.17, 15) is 4.79 Å². The van der Waals surface area contributed by atoms with Gasteiger partial charge in [0.05, 0.1) is 0 Å². The van der Waals surface area contributed by atoms with E-state index in [0.717, 1.165) is 42.7 Å². The van der Waals surface area contributed by atoms with Gasteiger partial charge in [-0.3, -0.25) is 4.79 Å². The van der Waals surface area contributed by atoms with Gasteiger partial charge in [-0.15, -0.1) is 0 Å². The number of carbonyl (C=O) groups excluding carboxylic acids is 1. The lowest BCUT2D eigenvalue weighted by atomic mass is 10.1. The molecule has 0 bridgehead atoms. The van der Waals surface area contributed by atoms with E-state index >= 15 is 0 Å². The Bertz CT molecular complexity index is 457. The van der Waals surface area contributed by atoms with E-state index in [0.29, 0.717) is 6.04 Å². The molecule has 0 aliphatic rings. The van der Waals surface area contributed by atoms with Gasteiger partial charge in [-0.05, 0) is 71.0 Å². The van der Waals surface area contributed by atoms with Crippen molar-refractivity contribution in [3.05, 3.63) is 29.3 Å². The van der Waals surface area contributed by atoms with Crippen molar-refractivity contribution in [3.63, 3.8) is 0 Å². The molecule has 1 aromatic carbocycles. The number of nitrogens with one attached hydrogen (secondary N) is 2. The van der Waals surface area contributed by atoms with Crippen LogP contribution in [-0.2, 0) is 0 Å². The van der Waals surface area contributed by atoms with E-state index in [1.807, 2.05) is 32.2 Å². The van der Waals surface area contributed by atoms with Gasteiger partial charge in [0.1, 0.15) is 0 Å². The molecule has 1 amide bonds. The summed E-state index contributed by atoms with van der Waals surface area (Å²) >= 11 is 0. The number of anilines is 1. The van der Waals surface area contributed by atoms with Crippen LogP contribution in [0.3, 0.4) is 0 Å². The Morgan fingerprint density at radius 2 is 2.00 bits per heavy atom. The minimum atomic E-state index is 0.0207. The molecule has 0 aliphatic carbocycles. The number of carbonyl (C=O) groups is 1. The van der Waals surface area contributed by atoms with Gasteiger partial charge < -0.3 is 15.5 Å². The first kappa shape index (κ1) is 17.5. The summed E-state index contributed by atoms with van der Waals surface area (Å²) in [5, 5.41) is 6.08. The highest BCUT2D eigenvalue weighted by Crippen LogP contribution is 2.14. The number of hydrogen-bond acceptors (Lipinski definition) is 3. The van der Waals surface area contributed by atoms with Gasteiger partial charge in [0, 0.05) is 30.9 Å². The van der Waals surface area contributed by atoms with Crippen molar-refractivity contribution < 1.29 is 4.79 Å². The first-order valence-electron chi connectivity index (χ1n) is 7.72. The van der Waals surface area contributed by atoms with E-state index in [1.54, 1.807) is 0 Å². The molecule has 0 fully saturated rings. The first-order valence-corrected chi connectivity index (χ1v) is 7.72. The lowest BCUT2D eigenvalue weighted by Crippen LogP contribution is -2.29. The minimum absolute atomic E-state index is 0.0207. The quantitative estimate of drug-likeness (QED) is 0.724. The highest BCUT2D eigenvalue weighted by atomic mass is 16.1. The Hall–Kier alpha value is -1.55. The van der Waals surface area contributed by atoms with Gasteiger partial charge in [-0.25, -0.2) is 0 Å². The molecular formula is C17H29N3O. The molecule has 0 aliphatic heterocycles. The van der Waals surface area contributed by atoms with E-state index in [2.05, 4.69) is 36.4 Å². The zero-order valence-corrected chi connectivity index (χ0v) is 14.0. The summed E-state index contributed by atoms with van der Waals surface area (Å²) in [5.74, 6) is 0.0207. The van der Waals surface area contributed by atoms with Crippen molar-refractivity contribution in [1.82, 2.24) is 10.2 Å². The van der Waals surface area contributed by atoms with Gasteiger partial charge >= 0.3 is 0 Å². The molecule has 1 aromatic rings. The predicted octanol–water partition coefficient (Wildman–Crippen LogP) is 2.89. The van der Waals surface area contributed by atoms with Crippen molar-refractivity contribution in [2.75, 3.05) is 32.5 Å². The van der Waals surface area contributed by atoms with Crippen LogP contribution in [0.15, 0.2) is 18.2 Å². The van der Waals surface area contributed by atoms with Gasteiger partial charge in [0.2, 0.25) is 0 Å². The van der Waals surface area contributed by atoms with Crippen LogP contribution in [-0.4, -0.2) is 44.0 Å². The molecule has 4 nitrogen and oxygen atoms in total. The second-order valence-corrected chi connectivity index (χ2v) is 5.82. The van der Waals surface area contributed by atoms with Gasteiger partial charge in [0.15, 0.2) is 0 Å². The van der Waals surface area contributed by atoms with E-state index in [1.165, 1.54) is 0 Å². The number of benzene rings is 1. The van der Waals surface area contributed by atoms with Gasteiger partial charge in [-0.2, -0.15) is 0 Å². The molecule has 0 saturated heterocycles. The molecule has 0 atom stereocenters. The Morgan fingerprint density at radius 1 is 1.29 bits per heavy atom. The summed E-state index contributed by atoms with van der Waals surface area (Å²) < 4.78 is 0. The fraction of sp³-hybridized carbons (Fsp3) is 0.588. The fourth-order valence-corrected chi connectivity index (χ4v) is 2.12. The van der Waals surface area contributed by atoms with Crippen LogP contribution in [0.5, 0.6) is 0 Å². The van der Waals surface area contributed by atoms with E-state index < -0.39 is 0 Å². The third-order valence-electron chi connectivity index (χ3n) is 3.86. The summed E-state index contributed by atoms with van der Waals surface area (Å²) in [6, 6.07) is 6.38. The second kappa shape index (κ2) is 8.67. The Morgan fingerprint density at radius 3 is 2.57 bits per heavy atom. The van der Waals surface area contributed by atoms with Crippen molar-refractivity contribution in [2.45, 2.75) is 39.7 Å². The van der Waals surface area contributed by atoms with Crippen LogP contribution < -0.4 is 10.6 Å². The lowest BCUT2D eigenvalue weighted by Gasteiger charge is -2.20. The van der Waals surface area contributed by atoms with Gasteiger partial charge in [-0.1, -0.05) is 0 Å². The average molecular weight is 291 g/mol. The third-order valence-corrected chi connectivity index (χ3v) is 3.86. The largest absolute Gasteiger partial charge is 0.388 e. The molecule has 0 heterocycles. The summed E-state index contributed by atoms with van der Waals surface area (Å²) in [5.41, 5.74) is 2.79. The van der Waals surface area contributed by atoms with E-state index in [4.69, 9.17) is 0 Å². The van der Waals surface area contributed by atoms with Crippen molar-refractivity contribution in [1.29, 1.82) is 0 Å². The van der Waals surface area contributed by atoms with Gasteiger partial charge in [0.25, 0.3) is 5.91 Å². The van der Waals surface area contributed by atoms with Crippen LogP contribution in [0.1, 0.15) is 42.6 Å². The second-order valence-electron chi connectivity index (χ2n) is 5.82. The number of hydrogen-bond donors (Lipinski definition) is 2. The molecule has 1 rings (SSSR count). The topological polar surface area (TPSA) is 44.4 Å². The number of unbranched alkanes of at least 4 members (excludes halogenated alkanes) is 1. The summed E-state index contributed by atoms with van der Waals surface area (Å²) in [4.78, 5) is 14.5. The Kier molecular flexibility index (Phi) is 7.23. The zero-order valence-electron chi connectivity index (χ0n) is 14.0. The molecule has 0 radical (unpaired) electrons. The number of amides is 1. The summed E-state index contributed by atoms with van der Waals surface area (Å²) in [7, 11) is 4.01. The maximum absolute atomic E-state index is 12.1. The van der Waals surface area contributed by atoms with Crippen molar-refractivity contribution in [2.24, 2.45) is 0 Å². The molecule has 0 unspecified atom stereocenters. The highest BCUT2D eigenvalue weighted by molar-refractivity contribution is 5.96. The lowest BCUT2D eigenvalue weighted by molar-refractivity contribution is 0.0952. The summed E-state index contributed by atoms with van der Waals surface area (Å²) in [6.45, 7) is 8.16. The molecule has 4 heteroatoms. The molecule has 118 valence electrons. The normalized spacial score (nSPS) is 11.0. The molecular weight excluding hydrogens is 262 g/mol. The van der Waals surface area contributed by atoms with Crippen LogP contribution in [0.4, 0.5) is 5.69 Å². The Labute approximate surface area is 128 Å². The number of aryl methyl sites for hydroxylation is 1. The fourth-order valence-electron chi connectivity index (χ4n) is 2.12. The SMILES string of the molecule is CNc1ccc(C(=O)NCCCCN(C)C(C)C)c(C)c1. The van der Waals surface area contributed by atoms with Crippen LogP contribution in [0, 0.1) is 6.92 Å². The minimum Gasteiger partial charge on any atom is -0.388 e. The van der Waals surface area contributed by atoms with Crippen molar-refractivity contribution in [3.8, 4) is 0 Å². The third kappa shape index (κ3) is 5.76.